The standard InChI is InChI=1S/C3H7O.C2H5O.2C2H5.O.Ti/c1-3(2)4;1-2-3;2*1-2;;/h3H,1-2H3;2H2,1H3;2*1H2,2H3;;/q2*-1;;;;+2. The molecule has 0 N–H and O–H groups in total. The molecule has 0 atom stereocenters. The normalized spacial score (nSPS) is 13.8. The summed E-state index contributed by atoms with van der Waals surface area (Å²) in [5.74, 6) is 0. The van der Waals surface area contributed by atoms with Crippen LogP contribution >= 0.6 is 0 Å². The van der Waals surface area contributed by atoms with Crippen LogP contribution in [0.5, 0.6) is 0 Å². The van der Waals surface area contributed by atoms with E-state index < -0.39 is 16.1 Å². The summed E-state index contributed by atoms with van der Waals surface area (Å²) in [7, 11) is 0. The Kier molecular flexibility index (Phi) is 4.94. The summed E-state index contributed by atoms with van der Waals surface area (Å²) < 4.78 is 24.6. The molecular formula is C9H22O3Ti. The van der Waals surface area contributed by atoms with Gasteiger partial charge < -0.3 is 0 Å². The van der Waals surface area contributed by atoms with Gasteiger partial charge in [0.15, 0.2) is 0 Å². The monoisotopic (exact) mass is 226 g/mol. The molecular weight excluding hydrogens is 204 g/mol. The third-order valence-electron chi connectivity index (χ3n) is 2.33. The van der Waals surface area contributed by atoms with Crippen LogP contribution < -0.4 is 0 Å². The first-order valence-corrected chi connectivity index (χ1v) is 9.24. The summed E-state index contributed by atoms with van der Waals surface area (Å²) in [4.78, 5) is 0. The van der Waals surface area contributed by atoms with Gasteiger partial charge in [0, 0.05) is 0 Å². The number of rotatable bonds is 6. The van der Waals surface area contributed by atoms with Gasteiger partial charge in [0.25, 0.3) is 0 Å². The second-order valence-electron chi connectivity index (χ2n) is 3.67. The van der Waals surface area contributed by atoms with E-state index in [9.17, 15) is 3.32 Å². The van der Waals surface area contributed by atoms with Gasteiger partial charge in [-0.15, -0.1) is 0 Å². The minimum atomic E-state index is -4.23. The van der Waals surface area contributed by atoms with Crippen molar-refractivity contribution in [1.29, 1.82) is 0 Å². The van der Waals surface area contributed by atoms with E-state index in [2.05, 4.69) is 0 Å². The van der Waals surface area contributed by atoms with Crippen molar-refractivity contribution in [2.24, 2.45) is 0 Å². The Morgan fingerprint density at radius 3 is 1.85 bits per heavy atom. The zero-order chi connectivity index (χ0) is 10.6. The molecule has 0 bridgehead atoms. The van der Waals surface area contributed by atoms with Crippen LogP contribution in [0.1, 0.15) is 34.6 Å². The molecule has 80 valence electrons. The zero-order valence-corrected chi connectivity index (χ0v) is 11.0. The Hall–Kier alpha value is 0.434. The van der Waals surface area contributed by atoms with Crippen molar-refractivity contribution in [1.82, 2.24) is 0 Å². The summed E-state index contributed by atoms with van der Waals surface area (Å²) in [6.45, 7) is 9.87. The SMILES string of the molecule is CC[O][Ti](=[O])([CH2]C)([CH2]C)[O]C(C)C. The molecule has 0 saturated carbocycles. The third-order valence-corrected chi connectivity index (χ3v) is 9.61. The summed E-state index contributed by atoms with van der Waals surface area (Å²) in [6.07, 6.45) is -0.0269. The van der Waals surface area contributed by atoms with Crippen LogP contribution in [0.25, 0.3) is 0 Å². The second kappa shape index (κ2) is 4.78. The molecule has 0 saturated heterocycles. The van der Waals surface area contributed by atoms with E-state index >= 15 is 0 Å². The van der Waals surface area contributed by atoms with Crippen molar-refractivity contribution < 1.29 is 26.0 Å². The summed E-state index contributed by atoms with van der Waals surface area (Å²) in [5, 5.41) is 0. The predicted molar refractivity (Wildman–Crippen MR) is 49.5 cm³/mol. The second-order valence-corrected chi connectivity index (χ2v) is 11.0. The van der Waals surface area contributed by atoms with Gasteiger partial charge in [-0.3, -0.25) is 0 Å². The van der Waals surface area contributed by atoms with Gasteiger partial charge in [0.1, 0.15) is 0 Å². The third kappa shape index (κ3) is 3.58. The molecule has 0 rings (SSSR count). The van der Waals surface area contributed by atoms with Crippen LogP contribution in [0.2, 0.25) is 9.45 Å². The Bertz CT molecular complexity index is 203. The van der Waals surface area contributed by atoms with E-state index in [4.69, 9.17) is 6.64 Å². The van der Waals surface area contributed by atoms with Crippen LogP contribution in [0.4, 0.5) is 0 Å². The average molecular weight is 226 g/mol. The van der Waals surface area contributed by atoms with Crippen LogP contribution in [-0.2, 0) is 26.0 Å². The molecule has 3 nitrogen and oxygen atoms in total. The average Bonchev–Trinajstić information content (AvgIpc) is 2.04. The van der Waals surface area contributed by atoms with Crippen molar-refractivity contribution in [3.8, 4) is 0 Å². The molecule has 0 aromatic rings. The Morgan fingerprint density at radius 2 is 1.62 bits per heavy atom. The predicted octanol–water partition coefficient (Wildman–Crippen LogP) is 3.19. The Balaban J connectivity index is 4.77. The van der Waals surface area contributed by atoms with E-state index in [1.165, 1.54) is 0 Å². The van der Waals surface area contributed by atoms with Crippen molar-refractivity contribution >= 4 is 0 Å². The van der Waals surface area contributed by atoms with Crippen LogP contribution in [0.3, 0.4) is 0 Å². The molecule has 0 radical (unpaired) electrons. The molecule has 0 spiro atoms. The zero-order valence-electron chi connectivity index (χ0n) is 9.42. The van der Waals surface area contributed by atoms with E-state index in [0.717, 1.165) is 0 Å². The first kappa shape index (κ1) is 13.4. The van der Waals surface area contributed by atoms with Crippen molar-refractivity contribution in [3.63, 3.8) is 0 Å². The van der Waals surface area contributed by atoms with E-state index in [1.807, 2.05) is 34.6 Å². The van der Waals surface area contributed by atoms with Crippen molar-refractivity contribution in [2.75, 3.05) is 6.61 Å². The molecule has 0 unspecified atom stereocenters. The van der Waals surface area contributed by atoms with Crippen molar-refractivity contribution in [3.05, 3.63) is 0 Å². The summed E-state index contributed by atoms with van der Waals surface area (Å²) in [6, 6.07) is 0. The number of hydrogen-bond donors (Lipinski definition) is 0. The molecule has 0 fully saturated rings. The molecule has 0 heterocycles. The minimum absolute atomic E-state index is 0.0269. The number of hydrogen-bond acceptors (Lipinski definition) is 3. The van der Waals surface area contributed by atoms with Gasteiger partial charge >= 0.3 is 82.8 Å². The van der Waals surface area contributed by atoms with Crippen molar-refractivity contribution in [2.45, 2.75) is 50.2 Å². The molecule has 0 aliphatic heterocycles. The van der Waals surface area contributed by atoms with E-state index in [0.29, 0.717) is 16.1 Å². The fourth-order valence-electron chi connectivity index (χ4n) is 1.50. The van der Waals surface area contributed by atoms with Gasteiger partial charge in [0.2, 0.25) is 0 Å². The maximum atomic E-state index is 12.6. The Labute approximate surface area is 83.0 Å². The van der Waals surface area contributed by atoms with Gasteiger partial charge in [-0.1, -0.05) is 0 Å². The first-order chi connectivity index (χ1) is 5.90. The maximum absolute atomic E-state index is 12.6. The summed E-state index contributed by atoms with van der Waals surface area (Å²) in [5.41, 5.74) is 0. The van der Waals surface area contributed by atoms with Gasteiger partial charge in [-0.25, -0.2) is 0 Å². The quantitative estimate of drug-likeness (QED) is 0.652. The van der Waals surface area contributed by atoms with Crippen LogP contribution in [0, 0.1) is 0 Å². The van der Waals surface area contributed by atoms with Crippen LogP contribution in [-0.4, -0.2) is 12.7 Å². The van der Waals surface area contributed by atoms with E-state index in [1.54, 1.807) is 0 Å². The molecule has 4 heteroatoms. The molecule has 0 amide bonds. The molecule has 0 aromatic heterocycles. The van der Waals surface area contributed by atoms with E-state index in [-0.39, 0.29) is 6.10 Å². The fourth-order valence-corrected chi connectivity index (χ4v) is 6.20. The first-order valence-electron chi connectivity index (χ1n) is 5.12. The van der Waals surface area contributed by atoms with Crippen LogP contribution in [0.15, 0.2) is 0 Å². The fraction of sp³-hybridized carbons (Fsp3) is 1.00. The van der Waals surface area contributed by atoms with Gasteiger partial charge in [0.05, 0.1) is 0 Å². The summed E-state index contributed by atoms with van der Waals surface area (Å²) >= 11 is -4.23. The molecule has 0 aromatic carbocycles. The molecule has 13 heavy (non-hydrogen) atoms. The van der Waals surface area contributed by atoms with Gasteiger partial charge in [-0.2, -0.15) is 0 Å². The Morgan fingerprint density at radius 1 is 1.15 bits per heavy atom. The molecule has 0 aliphatic rings. The van der Waals surface area contributed by atoms with Gasteiger partial charge in [-0.05, 0) is 0 Å². The topological polar surface area (TPSA) is 35.5 Å². The molecule has 0 aliphatic carbocycles.